The van der Waals surface area contributed by atoms with Crippen LogP contribution in [0.25, 0.3) is 21.5 Å². The molecule has 4 nitrogen and oxygen atoms in total. The van der Waals surface area contributed by atoms with Crippen LogP contribution in [0.15, 0.2) is 83.8 Å². The zero-order chi connectivity index (χ0) is 20.9. The Bertz CT molecular complexity index is 1230. The van der Waals surface area contributed by atoms with E-state index >= 15 is 0 Å². The van der Waals surface area contributed by atoms with E-state index in [0.29, 0.717) is 5.56 Å². The van der Waals surface area contributed by atoms with Crippen molar-refractivity contribution in [2.45, 2.75) is 4.90 Å². The first kappa shape index (κ1) is 20.0. The highest BCUT2D eigenvalue weighted by atomic mass is 32.2. The largest absolute Gasteiger partial charge is 0.497 e. The maximum absolute atomic E-state index is 12.4. The molecular formula is C25H20O4S. The molecule has 4 aromatic carbocycles. The summed E-state index contributed by atoms with van der Waals surface area (Å²) in [6, 6.07) is 25.2. The van der Waals surface area contributed by atoms with E-state index in [1.54, 1.807) is 19.2 Å². The van der Waals surface area contributed by atoms with E-state index in [9.17, 15) is 9.59 Å². The highest BCUT2D eigenvalue weighted by Gasteiger charge is 2.11. The molecule has 0 fully saturated rings. The van der Waals surface area contributed by atoms with Crippen LogP contribution in [0.2, 0.25) is 0 Å². The van der Waals surface area contributed by atoms with Gasteiger partial charge in [0.05, 0.1) is 12.9 Å². The first-order valence-electron chi connectivity index (χ1n) is 9.50. The number of ketones is 1. The molecule has 0 aliphatic heterocycles. The van der Waals surface area contributed by atoms with Crippen LogP contribution in [0.4, 0.5) is 0 Å². The molecule has 0 spiro atoms. The van der Waals surface area contributed by atoms with Crippen molar-refractivity contribution < 1.29 is 19.1 Å². The Labute approximate surface area is 178 Å². The topological polar surface area (TPSA) is 52.6 Å². The van der Waals surface area contributed by atoms with Crippen molar-refractivity contribution in [3.63, 3.8) is 0 Å². The maximum Gasteiger partial charge on any atom is 0.316 e. The summed E-state index contributed by atoms with van der Waals surface area (Å²) in [6.07, 6.45) is 0. The minimum absolute atomic E-state index is 0.156. The van der Waals surface area contributed by atoms with Gasteiger partial charge in [0.25, 0.3) is 0 Å². The van der Waals surface area contributed by atoms with Crippen molar-refractivity contribution in [2.75, 3.05) is 19.5 Å². The SMILES string of the molecule is COc1ccc2cc(C(=O)COC(=O)CSc3ccc4ccccc4c3)ccc2c1. The Hall–Kier alpha value is -3.31. The third kappa shape index (κ3) is 4.63. The van der Waals surface area contributed by atoms with Crippen LogP contribution in [0.3, 0.4) is 0 Å². The molecule has 150 valence electrons. The molecule has 0 amide bonds. The van der Waals surface area contributed by atoms with Crippen molar-refractivity contribution in [2.24, 2.45) is 0 Å². The van der Waals surface area contributed by atoms with Gasteiger partial charge >= 0.3 is 5.97 Å². The summed E-state index contributed by atoms with van der Waals surface area (Å²) >= 11 is 1.40. The summed E-state index contributed by atoms with van der Waals surface area (Å²) in [7, 11) is 1.62. The number of hydrogen-bond acceptors (Lipinski definition) is 5. The van der Waals surface area contributed by atoms with Gasteiger partial charge in [0, 0.05) is 10.5 Å². The Morgan fingerprint density at radius 3 is 2.33 bits per heavy atom. The van der Waals surface area contributed by atoms with Gasteiger partial charge in [-0.05, 0) is 51.9 Å². The van der Waals surface area contributed by atoms with E-state index < -0.39 is 5.97 Å². The van der Waals surface area contributed by atoms with Gasteiger partial charge in [0.2, 0.25) is 0 Å². The van der Waals surface area contributed by atoms with Gasteiger partial charge in [-0.2, -0.15) is 0 Å². The van der Waals surface area contributed by atoms with Crippen molar-refractivity contribution in [1.82, 2.24) is 0 Å². The number of fused-ring (bicyclic) bond motifs is 2. The lowest BCUT2D eigenvalue weighted by atomic mass is 10.0. The summed E-state index contributed by atoms with van der Waals surface area (Å²) in [6.45, 7) is -0.265. The lowest BCUT2D eigenvalue weighted by Gasteiger charge is -2.07. The normalized spacial score (nSPS) is 10.8. The number of carbonyl (C=O) groups excluding carboxylic acids is 2. The lowest BCUT2D eigenvalue weighted by molar-refractivity contribution is -0.139. The third-order valence-corrected chi connectivity index (χ3v) is 5.78. The number of carbonyl (C=O) groups is 2. The van der Waals surface area contributed by atoms with Crippen molar-refractivity contribution in [3.05, 3.63) is 84.4 Å². The molecule has 0 unspecified atom stereocenters. The molecule has 0 bridgehead atoms. The Morgan fingerprint density at radius 2 is 1.50 bits per heavy atom. The number of methoxy groups -OCH3 is 1. The fourth-order valence-corrected chi connectivity index (χ4v) is 3.94. The van der Waals surface area contributed by atoms with Crippen LogP contribution in [0.1, 0.15) is 10.4 Å². The van der Waals surface area contributed by atoms with Gasteiger partial charge in [0.15, 0.2) is 12.4 Å². The lowest BCUT2D eigenvalue weighted by Crippen LogP contribution is -2.15. The minimum atomic E-state index is -0.410. The van der Waals surface area contributed by atoms with Crippen molar-refractivity contribution in [3.8, 4) is 5.75 Å². The van der Waals surface area contributed by atoms with E-state index in [1.165, 1.54) is 11.8 Å². The first-order valence-corrected chi connectivity index (χ1v) is 10.5. The number of thioether (sulfide) groups is 1. The van der Waals surface area contributed by atoms with Crippen LogP contribution in [-0.4, -0.2) is 31.2 Å². The van der Waals surface area contributed by atoms with Gasteiger partial charge in [-0.15, -0.1) is 11.8 Å². The molecular weight excluding hydrogens is 396 g/mol. The highest BCUT2D eigenvalue weighted by Crippen LogP contribution is 2.24. The van der Waals surface area contributed by atoms with Crippen LogP contribution in [-0.2, 0) is 9.53 Å². The Balaban J connectivity index is 1.32. The van der Waals surface area contributed by atoms with E-state index in [2.05, 4.69) is 0 Å². The number of hydrogen-bond donors (Lipinski definition) is 0. The fraction of sp³-hybridized carbons (Fsp3) is 0.120. The quantitative estimate of drug-likeness (QED) is 0.226. The number of Topliss-reactive ketones (excluding diaryl/α,β-unsaturated/α-hetero) is 1. The van der Waals surface area contributed by atoms with E-state index in [1.807, 2.05) is 66.7 Å². The predicted molar refractivity (Wildman–Crippen MR) is 120 cm³/mol. The molecule has 0 saturated carbocycles. The molecule has 30 heavy (non-hydrogen) atoms. The average molecular weight is 416 g/mol. The highest BCUT2D eigenvalue weighted by molar-refractivity contribution is 8.00. The summed E-state index contributed by atoms with van der Waals surface area (Å²) in [5.41, 5.74) is 0.516. The summed E-state index contributed by atoms with van der Waals surface area (Å²) < 4.78 is 10.4. The molecule has 0 N–H and O–H groups in total. The van der Waals surface area contributed by atoms with Gasteiger partial charge in [-0.3, -0.25) is 9.59 Å². The summed E-state index contributed by atoms with van der Waals surface area (Å²) in [4.78, 5) is 25.5. The van der Waals surface area contributed by atoms with E-state index in [0.717, 1.165) is 32.2 Å². The molecule has 0 saturated heterocycles. The van der Waals surface area contributed by atoms with E-state index in [-0.39, 0.29) is 18.1 Å². The first-order chi connectivity index (χ1) is 14.6. The molecule has 0 heterocycles. The number of ether oxygens (including phenoxy) is 2. The molecule has 0 aromatic heterocycles. The fourth-order valence-electron chi connectivity index (χ4n) is 3.19. The smallest absolute Gasteiger partial charge is 0.316 e. The second-order valence-electron chi connectivity index (χ2n) is 6.81. The maximum atomic E-state index is 12.4. The van der Waals surface area contributed by atoms with Gasteiger partial charge in [0.1, 0.15) is 5.75 Å². The van der Waals surface area contributed by atoms with Gasteiger partial charge in [-0.1, -0.05) is 48.5 Å². The molecule has 0 aliphatic rings. The average Bonchev–Trinajstić information content (AvgIpc) is 2.80. The molecule has 4 aromatic rings. The van der Waals surface area contributed by atoms with Crippen molar-refractivity contribution in [1.29, 1.82) is 0 Å². The summed E-state index contributed by atoms with van der Waals surface area (Å²) in [5, 5.41) is 4.19. The number of benzene rings is 4. The molecule has 0 atom stereocenters. The molecule has 0 radical (unpaired) electrons. The summed E-state index contributed by atoms with van der Waals surface area (Å²) in [5.74, 6) is 0.284. The second-order valence-corrected chi connectivity index (χ2v) is 7.86. The standard InChI is InChI=1S/C25H20O4S/c1-28-22-10-8-19-12-21(7-6-20(19)13-22)24(26)15-29-25(27)16-30-23-11-9-17-4-2-3-5-18(17)14-23/h2-14H,15-16H2,1H3. The second kappa shape index (κ2) is 9.01. The van der Waals surface area contributed by atoms with Crippen molar-refractivity contribution >= 4 is 45.1 Å². The zero-order valence-corrected chi connectivity index (χ0v) is 17.3. The zero-order valence-electron chi connectivity index (χ0n) is 16.5. The Morgan fingerprint density at radius 1 is 0.800 bits per heavy atom. The van der Waals surface area contributed by atoms with Gasteiger partial charge < -0.3 is 9.47 Å². The van der Waals surface area contributed by atoms with Crippen LogP contribution in [0.5, 0.6) is 5.75 Å². The monoisotopic (exact) mass is 416 g/mol. The van der Waals surface area contributed by atoms with Crippen LogP contribution in [0, 0.1) is 0 Å². The van der Waals surface area contributed by atoms with Crippen LogP contribution < -0.4 is 4.74 Å². The van der Waals surface area contributed by atoms with Gasteiger partial charge in [-0.25, -0.2) is 0 Å². The third-order valence-electron chi connectivity index (χ3n) is 4.81. The number of esters is 1. The molecule has 4 rings (SSSR count). The molecule has 0 aliphatic carbocycles. The van der Waals surface area contributed by atoms with E-state index in [4.69, 9.17) is 9.47 Å². The molecule has 5 heteroatoms. The predicted octanol–water partition coefficient (Wildman–Crippen LogP) is 5.52. The Kier molecular flexibility index (Phi) is 6.00. The minimum Gasteiger partial charge on any atom is -0.497 e. The van der Waals surface area contributed by atoms with Crippen LogP contribution >= 0.6 is 11.8 Å². The number of rotatable bonds is 7.